The van der Waals surface area contributed by atoms with E-state index < -0.39 is 0 Å². The molecule has 1 aliphatic rings. The molecule has 2 amide bonds. The molecule has 1 aliphatic heterocycles. The van der Waals surface area contributed by atoms with Gasteiger partial charge in [-0.3, -0.25) is 14.6 Å². The second kappa shape index (κ2) is 9.35. The smallest absolute Gasteiger partial charge is 0.270 e. The molecule has 1 fully saturated rings. The first-order chi connectivity index (χ1) is 13.5. The van der Waals surface area contributed by atoms with Crippen molar-refractivity contribution in [3.05, 3.63) is 59.9 Å². The first-order valence-electron chi connectivity index (χ1n) is 9.86. The highest BCUT2D eigenvalue weighted by atomic mass is 16.2. The average Bonchev–Trinajstić information content (AvgIpc) is 2.73. The number of nitrogens with one attached hydrogen (secondary N) is 2. The average molecular weight is 380 g/mol. The first kappa shape index (κ1) is 19.9. The zero-order valence-electron chi connectivity index (χ0n) is 16.5. The molecule has 0 bridgehead atoms. The molecule has 0 aliphatic carbocycles. The van der Waals surface area contributed by atoms with Crippen LogP contribution in [0.4, 0.5) is 5.69 Å². The summed E-state index contributed by atoms with van der Waals surface area (Å²) in [6, 6.07) is 13.7. The second-order valence-electron chi connectivity index (χ2n) is 7.52. The first-order valence-corrected chi connectivity index (χ1v) is 9.86. The van der Waals surface area contributed by atoms with Crippen LogP contribution in [0, 0.1) is 5.92 Å². The molecule has 1 aromatic heterocycles. The normalized spacial score (nSPS) is 16.7. The van der Waals surface area contributed by atoms with E-state index in [4.69, 9.17) is 0 Å². The molecule has 3 rings (SSSR count). The van der Waals surface area contributed by atoms with Crippen molar-refractivity contribution < 1.29 is 9.59 Å². The molecule has 0 spiro atoms. The number of carbonyl (C=O) groups excluding carboxylic acids is 2. The van der Waals surface area contributed by atoms with Gasteiger partial charge in [0.15, 0.2) is 0 Å². The quantitative estimate of drug-likeness (QED) is 0.808. The van der Waals surface area contributed by atoms with Gasteiger partial charge in [0.2, 0.25) is 5.91 Å². The van der Waals surface area contributed by atoms with Gasteiger partial charge in [0.25, 0.3) is 5.91 Å². The Hall–Kier alpha value is -2.89. The van der Waals surface area contributed by atoms with Crippen LogP contribution in [-0.2, 0) is 11.3 Å². The van der Waals surface area contributed by atoms with Gasteiger partial charge in [-0.05, 0) is 30.5 Å². The third-order valence-electron chi connectivity index (χ3n) is 4.93. The number of carbonyl (C=O) groups is 2. The topological polar surface area (TPSA) is 74.3 Å². The number of piperidine rings is 1. The third-order valence-corrected chi connectivity index (χ3v) is 4.93. The Balaban J connectivity index is 1.62. The maximum atomic E-state index is 12.5. The molecule has 0 radical (unpaired) electrons. The Morgan fingerprint density at radius 3 is 2.75 bits per heavy atom. The number of anilines is 1. The van der Waals surface area contributed by atoms with E-state index in [-0.39, 0.29) is 23.8 Å². The minimum Gasteiger partial charge on any atom is -0.369 e. The Morgan fingerprint density at radius 2 is 2.00 bits per heavy atom. The Kier molecular flexibility index (Phi) is 6.63. The summed E-state index contributed by atoms with van der Waals surface area (Å²) in [6.07, 6.45) is 3.65. The van der Waals surface area contributed by atoms with Crippen molar-refractivity contribution in [2.24, 2.45) is 5.92 Å². The van der Waals surface area contributed by atoms with Crippen LogP contribution in [0.1, 0.15) is 42.7 Å². The van der Waals surface area contributed by atoms with Gasteiger partial charge in [-0.1, -0.05) is 44.2 Å². The van der Waals surface area contributed by atoms with Crippen molar-refractivity contribution in [2.45, 2.75) is 39.3 Å². The number of hydrogen-bond donors (Lipinski definition) is 2. The van der Waals surface area contributed by atoms with Gasteiger partial charge in [0.1, 0.15) is 5.69 Å². The molecule has 6 heteroatoms. The second-order valence-corrected chi connectivity index (χ2v) is 7.52. The summed E-state index contributed by atoms with van der Waals surface area (Å²) < 4.78 is 0. The van der Waals surface area contributed by atoms with Gasteiger partial charge >= 0.3 is 0 Å². The van der Waals surface area contributed by atoms with Crippen LogP contribution in [0.15, 0.2) is 48.7 Å². The fourth-order valence-electron chi connectivity index (χ4n) is 3.31. The highest BCUT2D eigenvalue weighted by Gasteiger charge is 2.23. The number of nitrogens with zero attached hydrogens (tertiary/aromatic N) is 2. The van der Waals surface area contributed by atoms with Crippen molar-refractivity contribution in [3.8, 4) is 0 Å². The van der Waals surface area contributed by atoms with Crippen LogP contribution < -0.4 is 15.5 Å². The molecule has 2 heterocycles. The summed E-state index contributed by atoms with van der Waals surface area (Å²) in [6.45, 7) is 5.92. The Morgan fingerprint density at radius 1 is 1.21 bits per heavy atom. The minimum atomic E-state index is -0.188. The van der Waals surface area contributed by atoms with Crippen molar-refractivity contribution in [3.63, 3.8) is 0 Å². The molecule has 1 saturated heterocycles. The monoisotopic (exact) mass is 380 g/mol. The number of rotatable bonds is 6. The largest absolute Gasteiger partial charge is 0.369 e. The molecule has 1 unspecified atom stereocenters. The lowest BCUT2D eigenvalue weighted by Crippen LogP contribution is -2.48. The van der Waals surface area contributed by atoms with Crippen LogP contribution in [0.3, 0.4) is 0 Å². The highest BCUT2D eigenvalue weighted by molar-refractivity contribution is 5.93. The lowest BCUT2D eigenvalue weighted by Gasteiger charge is -2.35. The van der Waals surface area contributed by atoms with E-state index in [1.54, 1.807) is 6.20 Å². The zero-order valence-corrected chi connectivity index (χ0v) is 16.5. The molecule has 1 aromatic carbocycles. The number of benzene rings is 1. The summed E-state index contributed by atoms with van der Waals surface area (Å²) in [5.74, 6) is -0.119. The van der Waals surface area contributed by atoms with Crippen LogP contribution in [0.5, 0.6) is 0 Å². The molecule has 1 atom stereocenters. The predicted octanol–water partition coefficient (Wildman–Crippen LogP) is 2.75. The van der Waals surface area contributed by atoms with E-state index in [1.807, 2.05) is 56.3 Å². The molecular formula is C22H28N4O2. The summed E-state index contributed by atoms with van der Waals surface area (Å²) in [5, 5.41) is 6.03. The van der Waals surface area contributed by atoms with Crippen LogP contribution in [0.25, 0.3) is 0 Å². The van der Waals surface area contributed by atoms with E-state index in [0.29, 0.717) is 12.2 Å². The van der Waals surface area contributed by atoms with Crippen molar-refractivity contribution in [1.82, 2.24) is 15.6 Å². The summed E-state index contributed by atoms with van der Waals surface area (Å²) in [4.78, 5) is 30.9. The zero-order chi connectivity index (χ0) is 19.9. The Labute approximate surface area is 166 Å². The van der Waals surface area contributed by atoms with Crippen molar-refractivity contribution in [2.75, 3.05) is 18.0 Å². The number of amides is 2. The summed E-state index contributed by atoms with van der Waals surface area (Å²) >= 11 is 0. The van der Waals surface area contributed by atoms with E-state index in [9.17, 15) is 9.59 Å². The van der Waals surface area contributed by atoms with Crippen LogP contribution in [-0.4, -0.2) is 35.9 Å². The molecule has 148 valence electrons. The summed E-state index contributed by atoms with van der Waals surface area (Å²) in [5.41, 5.74) is 2.41. The molecule has 2 aromatic rings. The number of hydrogen-bond acceptors (Lipinski definition) is 4. The molecule has 0 saturated carbocycles. The van der Waals surface area contributed by atoms with E-state index in [1.165, 1.54) is 0 Å². The SMILES string of the molecule is CC(C)C(=O)NC1CCCN(c2ccnc(C(=O)NCc3ccccc3)c2)C1. The fraction of sp³-hybridized carbons (Fsp3) is 0.409. The maximum Gasteiger partial charge on any atom is 0.270 e. The van der Waals surface area contributed by atoms with Crippen LogP contribution in [0.2, 0.25) is 0 Å². The van der Waals surface area contributed by atoms with Gasteiger partial charge in [-0.2, -0.15) is 0 Å². The number of pyridine rings is 1. The van der Waals surface area contributed by atoms with Gasteiger partial charge in [-0.15, -0.1) is 0 Å². The molecule has 6 nitrogen and oxygen atoms in total. The highest BCUT2D eigenvalue weighted by Crippen LogP contribution is 2.20. The molecule has 28 heavy (non-hydrogen) atoms. The van der Waals surface area contributed by atoms with Gasteiger partial charge in [0, 0.05) is 43.5 Å². The van der Waals surface area contributed by atoms with E-state index >= 15 is 0 Å². The van der Waals surface area contributed by atoms with Gasteiger partial charge in [-0.25, -0.2) is 0 Å². The Bertz CT molecular complexity index is 807. The lowest BCUT2D eigenvalue weighted by atomic mass is 10.0. The fourth-order valence-corrected chi connectivity index (χ4v) is 3.31. The van der Waals surface area contributed by atoms with Gasteiger partial charge < -0.3 is 15.5 Å². The third kappa shape index (κ3) is 5.31. The number of aromatic nitrogens is 1. The predicted molar refractivity (Wildman–Crippen MR) is 110 cm³/mol. The van der Waals surface area contributed by atoms with Crippen molar-refractivity contribution in [1.29, 1.82) is 0 Å². The maximum absolute atomic E-state index is 12.5. The lowest BCUT2D eigenvalue weighted by molar-refractivity contribution is -0.124. The van der Waals surface area contributed by atoms with Crippen LogP contribution >= 0.6 is 0 Å². The van der Waals surface area contributed by atoms with Crippen molar-refractivity contribution >= 4 is 17.5 Å². The van der Waals surface area contributed by atoms with Gasteiger partial charge in [0.05, 0.1) is 0 Å². The standard InChI is InChI=1S/C22H28N4O2/c1-16(2)21(27)25-18-9-6-12-26(15-18)19-10-11-23-20(13-19)22(28)24-14-17-7-4-3-5-8-17/h3-5,7-8,10-11,13,16,18H,6,9,12,14-15H2,1-2H3,(H,24,28)(H,25,27). The molecular weight excluding hydrogens is 352 g/mol. The summed E-state index contributed by atoms with van der Waals surface area (Å²) in [7, 11) is 0. The minimum absolute atomic E-state index is 0.0174. The van der Waals surface area contributed by atoms with E-state index in [2.05, 4.69) is 20.5 Å². The molecule has 2 N–H and O–H groups in total. The van der Waals surface area contributed by atoms with E-state index in [0.717, 1.165) is 37.2 Å².